The first-order valence-corrected chi connectivity index (χ1v) is 13.7. The standard InChI is InChI=1S/C33H28ClN/c34-29-7-3-4-21-8-9-22(15-26(21)29)35-23-10-11-25-24-5-1-2-6-27(24)33(28(25)16-23)30-13-19-12-20-14-31(33)32(30,17-19)18-20/h1-11,15-16,19-20,30-31,35H,12-14,17-18H2. The van der Waals surface area contributed by atoms with Crippen LogP contribution in [0.25, 0.3) is 21.9 Å². The van der Waals surface area contributed by atoms with Gasteiger partial charge in [0.15, 0.2) is 0 Å². The molecule has 4 atom stereocenters. The van der Waals surface area contributed by atoms with E-state index in [1.165, 1.54) is 54.3 Å². The van der Waals surface area contributed by atoms with Crippen LogP contribution < -0.4 is 5.32 Å². The van der Waals surface area contributed by atoms with E-state index in [2.05, 4.69) is 72.0 Å². The van der Waals surface area contributed by atoms with Crippen LogP contribution >= 0.6 is 11.6 Å². The minimum Gasteiger partial charge on any atom is -0.355 e. The molecule has 0 radical (unpaired) electrons. The zero-order valence-electron chi connectivity index (χ0n) is 19.7. The summed E-state index contributed by atoms with van der Waals surface area (Å²) in [6.45, 7) is 0. The van der Waals surface area contributed by atoms with Crippen molar-refractivity contribution in [2.45, 2.75) is 37.5 Å². The number of halogens is 1. The summed E-state index contributed by atoms with van der Waals surface area (Å²) in [5.74, 6) is 3.61. The molecular formula is C33H28ClN. The number of hydrogen-bond acceptors (Lipinski definition) is 1. The summed E-state index contributed by atoms with van der Waals surface area (Å²) >= 11 is 6.51. The highest BCUT2D eigenvalue weighted by Gasteiger charge is 2.79. The van der Waals surface area contributed by atoms with E-state index in [-0.39, 0.29) is 5.41 Å². The lowest BCUT2D eigenvalue weighted by Crippen LogP contribution is -2.62. The van der Waals surface area contributed by atoms with E-state index in [4.69, 9.17) is 11.6 Å². The Bertz CT molecular complexity index is 1540. The van der Waals surface area contributed by atoms with E-state index in [0.29, 0.717) is 5.41 Å². The molecule has 4 aromatic carbocycles. The van der Waals surface area contributed by atoms with Gasteiger partial charge in [-0.3, -0.25) is 0 Å². The zero-order valence-corrected chi connectivity index (χ0v) is 20.5. The topological polar surface area (TPSA) is 12.0 Å². The van der Waals surface area contributed by atoms with Gasteiger partial charge in [-0.05, 0) is 119 Å². The SMILES string of the molecule is Clc1cccc2ccc(Nc3ccc4c(c3)C3(c5ccccc5-4)C4CC5CC6CC3C4(C5)C6)cc12. The van der Waals surface area contributed by atoms with Crippen LogP contribution in [0.3, 0.4) is 0 Å². The first-order valence-electron chi connectivity index (χ1n) is 13.4. The van der Waals surface area contributed by atoms with E-state index >= 15 is 0 Å². The van der Waals surface area contributed by atoms with Crippen molar-refractivity contribution < 1.29 is 0 Å². The molecule has 2 spiro atoms. The Morgan fingerprint density at radius 2 is 1.43 bits per heavy atom. The molecule has 5 aliphatic rings. The summed E-state index contributed by atoms with van der Waals surface area (Å²) in [4.78, 5) is 0. The smallest absolute Gasteiger partial charge is 0.0485 e. The lowest BCUT2D eigenvalue weighted by atomic mass is 9.38. The number of hydrogen-bond donors (Lipinski definition) is 1. The second-order valence-corrected chi connectivity index (χ2v) is 12.6. The quantitative estimate of drug-likeness (QED) is 0.306. The second-order valence-electron chi connectivity index (χ2n) is 12.2. The van der Waals surface area contributed by atoms with Crippen molar-refractivity contribution in [2.75, 3.05) is 5.32 Å². The number of nitrogens with one attached hydrogen (secondary N) is 1. The molecule has 0 amide bonds. The lowest BCUT2D eigenvalue weighted by Gasteiger charge is -2.64. The molecule has 4 unspecified atom stereocenters. The van der Waals surface area contributed by atoms with Gasteiger partial charge in [0.2, 0.25) is 0 Å². The highest BCUT2D eigenvalue weighted by Crippen LogP contribution is 2.85. The summed E-state index contributed by atoms with van der Waals surface area (Å²) in [6.07, 6.45) is 7.41. The van der Waals surface area contributed by atoms with Crippen LogP contribution in [0.2, 0.25) is 5.02 Å². The zero-order chi connectivity index (χ0) is 22.9. The van der Waals surface area contributed by atoms with Gasteiger partial charge in [-0.25, -0.2) is 0 Å². The third-order valence-corrected chi connectivity index (χ3v) is 11.2. The van der Waals surface area contributed by atoms with Crippen LogP contribution in [-0.4, -0.2) is 0 Å². The largest absolute Gasteiger partial charge is 0.355 e. The molecule has 172 valence electrons. The molecular weight excluding hydrogens is 446 g/mol. The Morgan fingerprint density at radius 1 is 0.686 bits per heavy atom. The monoisotopic (exact) mass is 473 g/mol. The number of benzene rings is 4. The van der Waals surface area contributed by atoms with Crippen molar-refractivity contribution >= 4 is 33.7 Å². The fourth-order valence-electron chi connectivity index (χ4n) is 10.2. The Kier molecular flexibility index (Phi) is 3.50. The van der Waals surface area contributed by atoms with Gasteiger partial charge >= 0.3 is 0 Å². The fraction of sp³-hybridized carbons (Fsp3) is 0.333. The lowest BCUT2D eigenvalue weighted by molar-refractivity contribution is -0.0820. The van der Waals surface area contributed by atoms with E-state index in [9.17, 15) is 0 Å². The number of fused-ring (bicyclic) bond motifs is 10. The van der Waals surface area contributed by atoms with Gasteiger partial charge in [-0.2, -0.15) is 0 Å². The Morgan fingerprint density at radius 3 is 2.29 bits per heavy atom. The normalized spacial score (nSPS) is 34.7. The van der Waals surface area contributed by atoms with E-state index < -0.39 is 0 Å². The molecule has 2 heteroatoms. The van der Waals surface area contributed by atoms with Gasteiger partial charge in [0.05, 0.1) is 0 Å². The van der Waals surface area contributed by atoms with E-state index in [1.54, 1.807) is 11.1 Å². The average molecular weight is 474 g/mol. The van der Waals surface area contributed by atoms with Gasteiger partial charge in [-0.1, -0.05) is 60.1 Å². The maximum absolute atomic E-state index is 6.51. The second kappa shape index (κ2) is 6.31. The van der Waals surface area contributed by atoms with Crippen LogP contribution in [0.15, 0.2) is 78.9 Å². The van der Waals surface area contributed by atoms with Crippen molar-refractivity contribution in [1.29, 1.82) is 0 Å². The molecule has 0 aliphatic heterocycles. The Hall–Kier alpha value is -2.77. The maximum atomic E-state index is 6.51. The molecule has 4 fully saturated rings. The van der Waals surface area contributed by atoms with Crippen molar-refractivity contribution in [3.63, 3.8) is 0 Å². The van der Waals surface area contributed by atoms with Crippen molar-refractivity contribution in [2.24, 2.45) is 29.1 Å². The molecule has 0 heterocycles. The van der Waals surface area contributed by atoms with E-state index in [0.717, 1.165) is 39.8 Å². The fourth-order valence-corrected chi connectivity index (χ4v) is 10.4. The van der Waals surface area contributed by atoms with Crippen molar-refractivity contribution in [3.8, 4) is 11.1 Å². The first-order chi connectivity index (χ1) is 17.2. The van der Waals surface area contributed by atoms with Crippen molar-refractivity contribution in [1.82, 2.24) is 0 Å². The summed E-state index contributed by atoms with van der Waals surface area (Å²) in [5, 5.41) is 6.83. The van der Waals surface area contributed by atoms with Gasteiger partial charge < -0.3 is 5.32 Å². The molecule has 3 bridgehead atoms. The minimum atomic E-state index is 0.236. The Labute approximate surface area is 211 Å². The first kappa shape index (κ1) is 19.4. The number of rotatable bonds is 2. The Balaban J connectivity index is 1.19. The van der Waals surface area contributed by atoms with Crippen LogP contribution in [0.4, 0.5) is 11.4 Å². The van der Waals surface area contributed by atoms with Crippen LogP contribution in [0.5, 0.6) is 0 Å². The average Bonchev–Trinajstić information content (AvgIpc) is 3.40. The summed E-state index contributed by atoms with van der Waals surface area (Å²) in [5.41, 5.74) is 9.39. The van der Waals surface area contributed by atoms with Crippen LogP contribution in [0.1, 0.15) is 43.2 Å². The van der Waals surface area contributed by atoms with E-state index in [1.807, 2.05) is 12.1 Å². The molecule has 0 aromatic heterocycles. The molecule has 1 N–H and O–H groups in total. The molecule has 5 aliphatic carbocycles. The van der Waals surface area contributed by atoms with Crippen molar-refractivity contribution in [3.05, 3.63) is 95.0 Å². The minimum absolute atomic E-state index is 0.236. The predicted molar refractivity (Wildman–Crippen MR) is 144 cm³/mol. The molecule has 35 heavy (non-hydrogen) atoms. The highest BCUT2D eigenvalue weighted by molar-refractivity contribution is 6.35. The molecule has 4 aromatic rings. The molecule has 4 saturated carbocycles. The summed E-state index contributed by atoms with van der Waals surface area (Å²) in [6, 6.07) is 29.2. The summed E-state index contributed by atoms with van der Waals surface area (Å²) < 4.78 is 0. The summed E-state index contributed by atoms with van der Waals surface area (Å²) in [7, 11) is 0. The maximum Gasteiger partial charge on any atom is 0.0485 e. The predicted octanol–water partition coefficient (Wildman–Crippen LogP) is 8.96. The van der Waals surface area contributed by atoms with Gasteiger partial charge in [0.1, 0.15) is 0 Å². The van der Waals surface area contributed by atoms with Gasteiger partial charge in [0.25, 0.3) is 0 Å². The highest BCUT2D eigenvalue weighted by atomic mass is 35.5. The molecule has 1 nitrogen and oxygen atoms in total. The molecule has 0 saturated heterocycles. The van der Waals surface area contributed by atoms with Crippen LogP contribution in [-0.2, 0) is 5.41 Å². The molecule has 9 rings (SSSR count). The number of anilines is 2. The van der Waals surface area contributed by atoms with Gasteiger partial charge in [-0.15, -0.1) is 0 Å². The van der Waals surface area contributed by atoms with Gasteiger partial charge in [0, 0.05) is 27.2 Å². The third kappa shape index (κ3) is 2.20. The van der Waals surface area contributed by atoms with Crippen LogP contribution in [0, 0.1) is 29.1 Å². The third-order valence-electron chi connectivity index (χ3n) is 10.9.